The van der Waals surface area contributed by atoms with Crippen LogP contribution in [0, 0.1) is 5.82 Å². The Bertz CT molecular complexity index is 593. The van der Waals surface area contributed by atoms with E-state index in [9.17, 15) is 14.3 Å². The number of amides is 1. The van der Waals surface area contributed by atoms with Gasteiger partial charge in [-0.05, 0) is 19.1 Å². The molecule has 94 valence electrons. The summed E-state index contributed by atoms with van der Waals surface area (Å²) in [6.45, 7) is 1.52. The van der Waals surface area contributed by atoms with E-state index in [0.717, 1.165) is 0 Å². The number of rotatable bonds is 3. The van der Waals surface area contributed by atoms with E-state index in [1.165, 1.54) is 36.0 Å². The van der Waals surface area contributed by atoms with Crippen LogP contribution in [0.5, 0.6) is 0 Å². The normalized spacial score (nSPS) is 12.4. The Kier molecular flexibility index (Phi) is 3.12. The van der Waals surface area contributed by atoms with E-state index in [-0.39, 0.29) is 11.4 Å². The number of para-hydroxylation sites is 1. The smallest absolute Gasteiger partial charge is 0.269 e. The van der Waals surface area contributed by atoms with Gasteiger partial charge >= 0.3 is 0 Å². The van der Waals surface area contributed by atoms with Gasteiger partial charge in [-0.1, -0.05) is 12.1 Å². The van der Waals surface area contributed by atoms with Gasteiger partial charge < -0.3 is 10.8 Å². The minimum atomic E-state index is -0.850. The highest BCUT2D eigenvalue weighted by molar-refractivity contribution is 5.90. The number of carbonyl (C=O) groups excluding carboxylic acids is 1. The third-order valence-corrected chi connectivity index (χ3v) is 2.54. The van der Waals surface area contributed by atoms with Gasteiger partial charge in [-0.2, -0.15) is 5.10 Å². The fourth-order valence-electron chi connectivity index (χ4n) is 1.69. The number of aliphatic hydroxyl groups is 1. The highest BCUT2D eigenvalue weighted by Gasteiger charge is 2.16. The van der Waals surface area contributed by atoms with Crippen molar-refractivity contribution in [2.24, 2.45) is 5.73 Å². The predicted molar refractivity (Wildman–Crippen MR) is 62.7 cm³/mol. The van der Waals surface area contributed by atoms with Crippen molar-refractivity contribution >= 4 is 5.91 Å². The molecule has 0 spiro atoms. The van der Waals surface area contributed by atoms with Gasteiger partial charge in [0.15, 0.2) is 0 Å². The second-order valence-corrected chi connectivity index (χ2v) is 3.86. The zero-order valence-corrected chi connectivity index (χ0v) is 9.67. The molecule has 0 fully saturated rings. The lowest BCUT2D eigenvalue weighted by atomic mass is 10.1. The molecule has 0 radical (unpaired) electrons. The van der Waals surface area contributed by atoms with Crippen LogP contribution < -0.4 is 5.73 Å². The number of aromatic nitrogens is 2. The Morgan fingerprint density at radius 2 is 2.22 bits per heavy atom. The van der Waals surface area contributed by atoms with Gasteiger partial charge in [0.2, 0.25) is 0 Å². The van der Waals surface area contributed by atoms with Crippen LogP contribution in [-0.2, 0) is 0 Å². The van der Waals surface area contributed by atoms with Crippen molar-refractivity contribution in [2.75, 3.05) is 0 Å². The van der Waals surface area contributed by atoms with E-state index < -0.39 is 17.8 Å². The Morgan fingerprint density at radius 1 is 1.50 bits per heavy atom. The van der Waals surface area contributed by atoms with Gasteiger partial charge in [-0.25, -0.2) is 9.07 Å². The summed E-state index contributed by atoms with van der Waals surface area (Å²) in [6, 6.07) is 5.74. The van der Waals surface area contributed by atoms with Gasteiger partial charge in [-0.3, -0.25) is 4.79 Å². The van der Waals surface area contributed by atoms with E-state index in [4.69, 9.17) is 5.73 Å². The van der Waals surface area contributed by atoms with Crippen molar-refractivity contribution < 1.29 is 14.3 Å². The van der Waals surface area contributed by atoms with Gasteiger partial charge in [0.05, 0.1) is 6.10 Å². The summed E-state index contributed by atoms with van der Waals surface area (Å²) in [6.07, 6.45) is 0.571. The number of aliphatic hydroxyl groups excluding tert-OH is 1. The van der Waals surface area contributed by atoms with Crippen LogP contribution >= 0.6 is 0 Å². The summed E-state index contributed by atoms with van der Waals surface area (Å²) in [5.74, 6) is -1.23. The zero-order valence-electron chi connectivity index (χ0n) is 9.67. The number of carbonyl (C=O) groups is 1. The zero-order chi connectivity index (χ0) is 13.3. The summed E-state index contributed by atoms with van der Waals surface area (Å²) in [7, 11) is 0. The first-order chi connectivity index (χ1) is 8.50. The number of halogens is 1. The standard InChI is InChI=1S/C12H12FN3O2/c1-7(17)8-3-2-4-9(13)11(8)16-6-5-10(15-16)12(14)18/h2-7,17H,1H3,(H2,14,18)/t7-/m1/s1. The molecular weight excluding hydrogens is 237 g/mol. The van der Waals surface area contributed by atoms with Crippen LogP contribution in [-0.4, -0.2) is 20.8 Å². The molecule has 6 heteroatoms. The van der Waals surface area contributed by atoms with Crippen molar-refractivity contribution in [1.29, 1.82) is 0 Å². The molecule has 1 aromatic carbocycles. The largest absolute Gasteiger partial charge is 0.389 e. The maximum absolute atomic E-state index is 13.8. The Balaban J connectivity index is 2.58. The van der Waals surface area contributed by atoms with Crippen LogP contribution in [0.1, 0.15) is 29.1 Å². The van der Waals surface area contributed by atoms with Crippen LogP contribution in [0.3, 0.4) is 0 Å². The quantitative estimate of drug-likeness (QED) is 0.856. The van der Waals surface area contributed by atoms with E-state index in [1.54, 1.807) is 6.07 Å². The third-order valence-electron chi connectivity index (χ3n) is 2.54. The average molecular weight is 249 g/mol. The molecule has 0 aliphatic heterocycles. The molecule has 0 bridgehead atoms. The molecule has 0 saturated heterocycles. The lowest BCUT2D eigenvalue weighted by Crippen LogP contribution is -2.13. The van der Waals surface area contributed by atoms with Gasteiger partial charge in [0, 0.05) is 11.8 Å². The molecule has 3 N–H and O–H groups in total. The number of nitrogens with two attached hydrogens (primary N) is 1. The Labute approximate surface area is 103 Å². The van der Waals surface area contributed by atoms with Crippen molar-refractivity contribution in [1.82, 2.24) is 9.78 Å². The van der Waals surface area contributed by atoms with Crippen LogP contribution in [0.15, 0.2) is 30.5 Å². The number of primary amides is 1. The second-order valence-electron chi connectivity index (χ2n) is 3.86. The lowest BCUT2D eigenvalue weighted by molar-refractivity contribution is 0.0995. The molecule has 0 unspecified atom stereocenters. The van der Waals surface area contributed by atoms with Crippen molar-refractivity contribution in [3.63, 3.8) is 0 Å². The Hall–Kier alpha value is -2.21. The fraction of sp³-hybridized carbons (Fsp3) is 0.167. The summed E-state index contributed by atoms with van der Waals surface area (Å²) in [4.78, 5) is 11.0. The van der Waals surface area contributed by atoms with Crippen LogP contribution in [0.25, 0.3) is 5.69 Å². The molecule has 5 nitrogen and oxygen atoms in total. The fourth-order valence-corrected chi connectivity index (χ4v) is 1.69. The minimum absolute atomic E-state index is 0.0368. The van der Waals surface area contributed by atoms with E-state index in [2.05, 4.69) is 5.10 Å². The lowest BCUT2D eigenvalue weighted by Gasteiger charge is -2.12. The van der Waals surface area contributed by atoms with Gasteiger partial charge in [-0.15, -0.1) is 0 Å². The first-order valence-corrected chi connectivity index (χ1v) is 5.33. The van der Waals surface area contributed by atoms with Crippen LogP contribution in [0.4, 0.5) is 4.39 Å². The maximum atomic E-state index is 13.8. The molecule has 1 atom stereocenters. The SMILES string of the molecule is C[C@@H](O)c1cccc(F)c1-n1ccc(C(N)=O)n1. The first-order valence-electron chi connectivity index (χ1n) is 5.33. The summed E-state index contributed by atoms with van der Waals surface area (Å²) in [5, 5.41) is 13.5. The van der Waals surface area contributed by atoms with Crippen molar-refractivity contribution in [2.45, 2.75) is 13.0 Å². The first kappa shape index (κ1) is 12.3. The van der Waals surface area contributed by atoms with Crippen molar-refractivity contribution in [3.8, 4) is 5.69 Å². The second kappa shape index (κ2) is 4.58. The molecule has 2 rings (SSSR count). The van der Waals surface area contributed by atoms with Gasteiger partial charge in [0.25, 0.3) is 5.91 Å². The van der Waals surface area contributed by atoms with Crippen molar-refractivity contribution in [3.05, 3.63) is 47.5 Å². The van der Waals surface area contributed by atoms with E-state index >= 15 is 0 Å². The molecule has 0 aliphatic carbocycles. The maximum Gasteiger partial charge on any atom is 0.269 e. The summed E-state index contributed by atoms with van der Waals surface area (Å²) in [5.41, 5.74) is 5.61. The summed E-state index contributed by atoms with van der Waals surface area (Å²) >= 11 is 0. The van der Waals surface area contributed by atoms with E-state index in [0.29, 0.717) is 5.56 Å². The van der Waals surface area contributed by atoms with E-state index in [1.807, 2.05) is 0 Å². The van der Waals surface area contributed by atoms with Gasteiger partial charge in [0.1, 0.15) is 17.2 Å². The average Bonchev–Trinajstić information content (AvgIpc) is 2.77. The molecule has 1 aromatic heterocycles. The molecule has 1 amide bonds. The molecular formula is C12H12FN3O2. The Morgan fingerprint density at radius 3 is 2.78 bits per heavy atom. The molecule has 2 aromatic rings. The topological polar surface area (TPSA) is 81.1 Å². The third kappa shape index (κ3) is 2.10. The predicted octanol–water partition coefficient (Wildman–Crippen LogP) is 1.16. The van der Waals surface area contributed by atoms with Crippen LogP contribution in [0.2, 0.25) is 0 Å². The molecule has 0 saturated carbocycles. The number of hydrogen-bond donors (Lipinski definition) is 2. The molecule has 1 heterocycles. The monoisotopic (exact) mass is 249 g/mol. The number of hydrogen-bond acceptors (Lipinski definition) is 3. The number of benzene rings is 1. The highest BCUT2D eigenvalue weighted by Crippen LogP contribution is 2.23. The molecule has 18 heavy (non-hydrogen) atoms. The number of nitrogens with zero attached hydrogens (tertiary/aromatic N) is 2. The highest BCUT2D eigenvalue weighted by atomic mass is 19.1. The molecule has 0 aliphatic rings. The summed E-state index contributed by atoms with van der Waals surface area (Å²) < 4.78 is 15.0. The minimum Gasteiger partial charge on any atom is -0.389 e.